The van der Waals surface area contributed by atoms with E-state index >= 15 is 0 Å². The van der Waals surface area contributed by atoms with E-state index < -0.39 is 23.9 Å². The molecule has 0 fully saturated rings. The third kappa shape index (κ3) is 6.25. The lowest BCUT2D eigenvalue weighted by molar-refractivity contribution is -0.145. The highest BCUT2D eigenvalue weighted by Gasteiger charge is 2.33. The van der Waals surface area contributed by atoms with Crippen LogP contribution in [0.25, 0.3) is 11.1 Å². The number of ether oxygens (including phenoxy) is 4. The average molecular weight is 665 g/mol. The Morgan fingerprint density at radius 3 is 1.06 bits per heavy atom. The van der Waals surface area contributed by atoms with Crippen molar-refractivity contribution in [1.82, 2.24) is 0 Å². The number of thiocarbonyl (C=S) groups is 1. The van der Waals surface area contributed by atoms with Gasteiger partial charge in [0.25, 0.3) is 0 Å². The Hall–Kier alpha value is -5.32. The summed E-state index contributed by atoms with van der Waals surface area (Å²) in [5.41, 5.74) is 5.47. The van der Waals surface area contributed by atoms with Crippen molar-refractivity contribution in [2.45, 2.75) is 9.79 Å². The van der Waals surface area contributed by atoms with Crippen molar-refractivity contribution >= 4 is 63.9 Å². The second-order valence-electron chi connectivity index (χ2n) is 9.98. The van der Waals surface area contributed by atoms with Crippen LogP contribution in [0.5, 0.6) is 0 Å². The molecule has 0 atom stereocenters. The molecule has 236 valence electrons. The van der Waals surface area contributed by atoms with E-state index in [9.17, 15) is 19.2 Å². The fourth-order valence-electron chi connectivity index (χ4n) is 5.40. The van der Waals surface area contributed by atoms with Crippen molar-refractivity contribution in [3.63, 3.8) is 0 Å². The third-order valence-corrected chi connectivity index (χ3v) is 9.06. The lowest BCUT2D eigenvalue weighted by Gasteiger charge is -2.24. The van der Waals surface area contributed by atoms with Gasteiger partial charge in [0.1, 0.15) is 0 Å². The first-order valence-corrected chi connectivity index (χ1v) is 15.4. The molecule has 0 aromatic heterocycles. The fourth-order valence-corrected chi connectivity index (χ4v) is 6.84. The van der Waals surface area contributed by atoms with Crippen molar-refractivity contribution in [1.29, 1.82) is 0 Å². The normalized spacial score (nSPS) is 12.0. The summed E-state index contributed by atoms with van der Waals surface area (Å²) in [5.74, 6) is -2.89. The van der Waals surface area contributed by atoms with Crippen LogP contribution < -0.4 is 0 Å². The second kappa shape index (κ2) is 14.4. The maximum absolute atomic E-state index is 12.3. The van der Waals surface area contributed by atoms with E-state index in [1.807, 2.05) is 97.1 Å². The monoisotopic (exact) mass is 664 g/mol. The van der Waals surface area contributed by atoms with Gasteiger partial charge in [0, 0.05) is 32.1 Å². The molecule has 1 aliphatic carbocycles. The smallest absolute Gasteiger partial charge is 0.345 e. The zero-order valence-electron chi connectivity index (χ0n) is 25.8. The van der Waals surface area contributed by atoms with E-state index in [2.05, 4.69) is 0 Å². The van der Waals surface area contributed by atoms with Crippen LogP contribution in [0.1, 0.15) is 33.4 Å². The lowest BCUT2D eigenvalue weighted by Crippen LogP contribution is -2.22. The highest BCUT2D eigenvalue weighted by atomic mass is 32.2. The number of hydrogen-bond acceptors (Lipinski definition) is 10. The van der Waals surface area contributed by atoms with Crippen LogP contribution in [0, 0.1) is 0 Å². The molecule has 4 aromatic carbocycles. The van der Waals surface area contributed by atoms with Gasteiger partial charge in [-0.2, -0.15) is 0 Å². The Balaban J connectivity index is 0.000000185. The van der Waals surface area contributed by atoms with E-state index in [0.717, 1.165) is 32.0 Å². The first kappa shape index (κ1) is 33.1. The predicted molar refractivity (Wildman–Crippen MR) is 181 cm³/mol. The lowest BCUT2D eigenvalue weighted by atomic mass is 9.80. The van der Waals surface area contributed by atoms with Crippen LogP contribution in [0.2, 0.25) is 0 Å². The molecule has 0 N–H and O–H groups in total. The van der Waals surface area contributed by atoms with Crippen LogP contribution in [0.4, 0.5) is 0 Å². The Bertz CT molecular complexity index is 1870. The number of carbonyl (C=O) groups is 4. The minimum absolute atomic E-state index is 0.0878. The van der Waals surface area contributed by atoms with Gasteiger partial charge < -0.3 is 18.9 Å². The molecule has 0 radical (unpaired) electrons. The molecule has 1 heterocycles. The number of benzene rings is 4. The molecule has 8 nitrogen and oxygen atoms in total. The van der Waals surface area contributed by atoms with Gasteiger partial charge in [-0.05, 0) is 34.4 Å². The molecule has 6 rings (SSSR count). The number of methoxy groups -OCH3 is 4. The largest absolute Gasteiger partial charge is 0.465 e. The van der Waals surface area contributed by atoms with E-state index in [4.69, 9.17) is 31.2 Å². The van der Waals surface area contributed by atoms with Crippen LogP contribution in [0.3, 0.4) is 0 Å². The number of rotatable bonds is 4. The molecule has 0 unspecified atom stereocenters. The quantitative estimate of drug-likeness (QED) is 0.0539. The Kier molecular flexibility index (Phi) is 10.1. The minimum Gasteiger partial charge on any atom is -0.465 e. The molecule has 2 aliphatic rings. The Morgan fingerprint density at radius 1 is 0.447 bits per heavy atom. The van der Waals surface area contributed by atoms with Crippen molar-refractivity contribution in [2.24, 2.45) is 0 Å². The first-order chi connectivity index (χ1) is 22.8. The summed E-state index contributed by atoms with van der Waals surface area (Å²) in [4.78, 5) is 51.7. The summed E-state index contributed by atoms with van der Waals surface area (Å²) in [6.45, 7) is 0. The van der Waals surface area contributed by atoms with Crippen molar-refractivity contribution < 1.29 is 38.1 Å². The van der Waals surface area contributed by atoms with Crippen molar-refractivity contribution in [2.75, 3.05) is 28.4 Å². The van der Waals surface area contributed by atoms with Gasteiger partial charge in [0.15, 0.2) is 11.1 Å². The minimum atomic E-state index is -0.741. The van der Waals surface area contributed by atoms with Gasteiger partial charge in [-0.15, -0.1) is 0 Å². The summed E-state index contributed by atoms with van der Waals surface area (Å²) in [6, 6.07) is 30.1. The topological polar surface area (TPSA) is 105 Å². The standard InChI is InChI=1S/C19H14O4S.C18H14O4S/c1-22-18(20)16(19(21)23-2)15-11-7-3-5-9-13(11)17(24)14-10-6-4-8-12(14)15;1-21-17(19)16(18(20)22-2)15-11-7-3-5-9-13(11)23-14-10-6-4-8-12(14)15/h3-10H,1-2H3;3-10H,1-2H3. The molecule has 0 bridgehead atoms. The molecule has 4 aromatic rings. The van der Waals surface area contributed by atoms with Crippen molar-refractivity contribution in [3.8, 4) is 0 Å². The summed E-state index contributed by atoms with van der Waals surface area (Å²) >= 11 is 7.19. The van der Waals surface area contributed by atoms with Gasteiger partial charge in [-0.1, -0.05) is 109 Å². The van der Waals surface area contributed by atoms with Gasteiger partial charge in [-0.3, -0.25) is 0 Å². The summed E-state index contributed by atoms with van der Waals surface area (Å²) in [5, 5.41) is 0. The molecule has 10 heteroatoms. The van der Waals surface area contributed by atoms with Gasteiger partial charge in [0.05, 0.1) is 33.3 Å². The van der Waals surface area contributed by atoms with Crippen LogP contribution in [-0.4, -0.2) is 57.2 Å². The predicted octanol–water partition coefficient (Wildman–Crippen LogP) is 6.21. The first-order valence-electron chi connectivity index (χ1n) is 14.2. The number of fused-ring (bicyclic) bond motifs is 4. The molecule has 0 saturated heterocycles. The Morgan fingerprint density at radius 2 is 0.723 bits per heavy atom. The summed E-state index contributed by atoms with van der Waals surface area (Å²) < 4.78 is 19.3. The van der Waals surface area contributed by atoms with E-state index in [0.29, 0.717) is 27.1 Å². The third-order valence-electron chi connectivity index (χ3n) is 7.47. The number of hydrogen-bond donors (Lipinski definition) is 0. The molecular weight excluding hydrogens is 637 g/mol. The SMILES string of the molecule is COC(=O)C(C(=O)OC)=C1c2ccccc2C(=S)c2ccccc21.COC(=O)C(C(=O)OC)=C1c2ccccc2Sc2ccccc21. The molecule has 0 saturated carbocycles. The fraction of sp³-hybridized carbons (Fsp3) is 0.108. The summed E-state index contributed by atoms with van der Waals surface area (Å²) in [7, 11) is 4.97. The van der Waals surface area contributed by atoms with Crippen LogP contribution in [0.15, 0.2) is 118 Å². The highest BCUT2D eigenvalue weighted by molar-refractivity contribution is 7.99. The van der Waals surface area contributed by atoms with Crippen molar-refractivity contribution in [3.05, 3.63) is 142 Å². The number of esters is 4. The zero-order valence-corrected chi connectivity index (χ0v) is 27.5. The van der Waals surface area contributed by atoms with Crippen LogP contribution >= 0.6 is 24.0 Å². The van der Waals surface area contributed by atoms with E-state index in [1.165, 1.54) is 28.4 Å². The zero-order chi connectivity index (χ0) is 33.7. The van der Waals surface area contributed by atoms with E-state index in [-0.39, 0.29) is 11.1 Å². The maximum Gasteiger partial charge on any atom is 0.345 e. The molecular formula is C37H28O8S2. The van der Waals surface area contributed by atoms with Crippen LogP contribution in [-0.2, 0) is 38.1 Å². The average Bonchev–Trinajstić information content (AvgIpc) is 3.12. The molecule has 47 heavy (non-hydrogen) atoms. The maximum atomic E-state index is 12.3. The van der Waals surface area contributed by atoms with Gasteiger partial charge in [0.2, 0.25) is 0 Å². The molecule has 0 spiro atoms. The number of carbonyl (C=O) groups excluding carboxylic acids is 4. The highest BCUT2D eigenvalue weighted by Crippen LogP contribution is 2.46. The molecule has 0 amide bonds. The Labute approximate surface area is 281 Å². The van der Waals surface area contributed by atoms with E-state index in [1.54, 1.807) is 11.8 Å². The molecule has 1 aliphatic heterocycles. The second-order valence-corrected chi connectivity index (χ2v) is 11.5. The van der Waals surface area contributed by atoms with Gasteiger partial charge >= 0.3 is 23.9 Å². The summed E-state index contributed by atoms with van der Waals surface area (Å²) in [6.07, 6.45) is 0. The van der Waals surface area contributed by atoms with Gasteiger partial charge in [-0.25, -0.2) is 19.2 Å².